The van der Waals surface area contributed by atoms with Gasteiger partial charge in [-0.05, 0) is 30.3 Å². The molecule has 9 heteroatoms. The molecule has 2 aliphatic rings. The molecule has 5 rings (SSSR count). The Kier molecular flexibility index (Phi) is 5.60. The summed E-state index contributed by atoms with van der Waals surface area (Å²) in [6.45, 7) is 2.45. The Morgan fingerprint density at radius 2 is 1.64 bits per heavy atom. The van der Waals surface area contributed by atoms with Crippen molar-refractivity contribution in [3.8, 4) is 5.69 Å². The standard InChI is InChI=1S/C24H22ClN5O3/c25-17-4-3-5-18(16-17)29-11-9-26-24(29)28-14-12-27(13-15-28)21(31)8-10-30-22(32)19-6-1-2-7-20(19)23(30)33/h1-7,9,11,16H,8,10,12-15H2. The number of aromatic nitrogens is 2. The molecule has 168 valence electrons. The maximum Gasteiger partial charge on any atom is 0.261 e. The van der Waals surface area contributed by atoms with Gasteiger partial charge in [0.05, 0.1) is 11.1 Å². The van der Waals surface area contributed by atoms with E-state index in [1.54, 1.807) is 35.4 Å². The summed E-state index contributed by atoms with van der Waals surface area (Å²) >= 11 is 6.14. The van der Waals surface area contributed by atoms with Gasteiger partial charge in [-0.15, -0.1) is 0 Å². The van der Waals surface area contributed by atoms with Crippen molar-refractivity contribution < 1.29 is 14.4 Å². The first-order valence-corrected chi connectivity index (χ1v) is 11.2. The van der Waals surface area contributed by atoms with Crippen LogP contribution < -0.4 is 4.90 Å². The predicted molar refractivity (Wildman–Crippen MR) is 124 cm³/mol. The number of rotatable bonds is 5. The van der Waals surface area contributed by atoms with Gasteiger partial charge in [-0.3, -0.25) is 23.9 Å². The van der Waals surface area contributed by atoms with Crippen LogP contribution in [0.1, 0.15) is 27.1 Å². The Morgan fingerprint density at radius 1 is 0.939 bits per heavy atom. The number of hydrogen-bond acceptors (Lipinski definition) is 5. The van der Waals surface area contributed by atoms with Crippen molar-refractivity contribution in [3.05, 3.63) is 77.1 Å². The zero-order valence-electron chi connectivity index (χ0n) is 17.9. The van der Waals surface area contributed by atoms with Crippen molar-refractivity contribution in [3.63, 3.8) is 0 Å². The van der Waals surface area contributed by atoms with Crippen molar-refractivity contribution in [2.75, 3.05) is 37.6 Å². The van der Waals surface area contributed by atoms with E-state index in [1.807, 2.05) is 35.0 Å². The first-order valence-electron chi connectivity index (χ1n) is 10.8. The molecule has 0 spiro atoms. The molecule has 33 heavy (non-hydrogen) atoms. The lowest BCUT2D eigenvalue weighted by molar-refractivity contribution is -0.131. The minimum Gasteiger partial charge on any atom is -0.339 e. The third-order valence-corrected chi connectivity index (χ3v) is 6.29. The minimum absolute atomic E-state index is 0.0654. The number of benzene rings is 2. The van der Waals surface area contributed by atoms with Crippen molar-refractivity contribution in [1.29, 1.82) is 0 Å². The van der Waals surface area contributed by atoms with Crippen LogP contribution in [0.25, 0.3) is 5.69 Å². The third kappa shape index (κ3) is 3.98. The average molecular weight is 464 g/mol. The van der Waals surface area contributed by atoms with Crippen LogP contribution in [0.2, 0.25) is 5.02 Å². The van der Waals surface area contributed by atoms with Gasteiger partial charge in [0.1, 0.15) is 0 Å². The zero-order valence-corrected chi connectivity index (χ0v) is 18.6. The van der Waals surface area contributed by atoms with Gasteiger partial charge in [0.2, 0.25) is 11.9 Å². The van der Waals surface area contributed by atoms with E-state index in [0.717, 1.165) is 11.6 Å². The largest absolute Gasteiger partial charge is 0.339 e. The first-order chi connectivity index (χ1) is 16.0. The van der Waals surface area contributed by atoms with Gasteiger partial charge in [-0.2, -0.15) is 0 Å². The number of halogens is 1. The second kappa shape index (κ2) is 8.71. The van der Waals surface area contributed by atoms with E-state index >= 15 is 0 Å². The summed E-state index contributed by atoms with van der Waals surface area (Å²) in [5.74, 6) is 0.0712. The monoisotopic (exact) mass is 463 g/mol. The molecule has 1 saturated heterocycles. The highest BCUT2D eigenvalue weighted by Gasteiger charge is 2.35. The Labute approximate surface area is 196 Å². The van der Waals surface area contributed by atoms with E-state index in [4.69, 9.17) is 11.6 Å². The molecule has 3 aromatic rings. The number of amides is 3. The number of imidazole rings is 1. The number of piperazine rings is 1. The summed E-state index contributed by atoms with van der Waals surface area (Å²) in [7, 11) is 0. The summed E-state index contributed by atoms with van der Waals surface area (Å²) in [4.78, 5) is 47.4. The maximum atomic E-state index is 12.8. The van der Waals surface area contributed by atoms with Gasteiger partial charge in [0, 0.05) is 62.2 Å². The molecule has 0 atom stereocenters. The Bertz CT molecular complexity index is 1200. The Balaban J connectivity index is 1.18. The Morgan fingerprint density at radius 3 is 2.30 bits per heavy atom. The highest BCUT2D eigenvalue weighted by Crippen LogP contribution is 2.24. The fourth-order valence-electron chi connectivity index (χ4n) is 4.32. The SMILES string of the molecule is O=C(CCN1C(=O)c2ccccc2C1=O)N1CCN(c2nccn2-c2cccc(Cl)c2)CC1. The normalized spacial score (nSPS) is 15.8. The molecule has 2 aliphatic heterocycles. The van der Waals surface area contributed by atoms with Crippen molar-refractivity contribution >= 4 is 35.3 Å². The molecule has 1 fully saturated rings. The molecule has 1 aromatic heterocycles. The molecule has 0 bridgehead atoms. The minimum atomic E-state index is -0.332. The summed E-state index contributed by atoms with van der Waals surface area (Å²) < 4.78 is 1.98. The summed E-state index contributed by atoms with van der Waals surface area (Å²) in [5, 5.41) is 0.653. The van der Waals surface area contributed by atoms with Gasteiger partial charge < -0.3 is 9.80 Å². The van der Waals surface area contributed by atoms with Crippen LogP contribution in [0.4, 0.5) is 5.95 Å². The van der Waals surface area contributed by atoms with E-state index < -0.39 is 0 Å². The molecule has 2 aromatic carbocycles. The zero-order chi connectivity index (χ0) is 22.9. The highest BCUT2D eigenvalue weighted by molar-refractivity contribution is 6.30. The average Bonchev–Trinajstić information content (AvgIpc) is 3.42. The molecule has 0 unspecified atom stereocenters. The van der Waals surface area contributed by atoms with Crippen LogP contribution in [0.15, 0.2) is 60.9 Å². The molecule has 8 nitrogen and oxygen atoms in total. The fourth-order valence-corrected chi connectivity index (χ4v) is 4.51. The lowest BCUT2D eigenvalue weighted by Crippen LogP contribution is -2.50. The maximum absolute atomic E-state index is 12.8. The van der Waals surface area contributed by atoms with E-state index in [9.17, 15) is 14.4 Å². The predicted octanol–water partition coefficient (Wildman–Crippen LogP) is 2.86. The fraction of sp³-hybridized carbons (Fsp3) is 0.250. The summed E-state index contributed by atoms with van der Waals surface area (Å²) in [6, 6.07) is 14.3. The second-order valence-corrected chi connectivity index (χ2v) is 8.44. The topological polar surface area (TPSA) is 78.8 Å². The second-order valence-electron chi connectivity index (χ2n) is 8.00. The van der Waals surface area contributed by atoms with Crippen molar-refractivity contribution in [2.45, 2.75) is 6.42 Å². The van der Waals surface area contributed by atoms with Gasteiger partial charge in [-0.25, -0.2) is 4.98 Å². The van der Waals surface area contributed by atoms with Crippen LogP contribution in [0.5, 0.6) is 0 Å². The number of carbonyl (C=O) groups excluding carboxylic acids is 3. The molecular weight excluding hydrogens is 442 g/mol. The summed E-state index contributed by atoms with van der Waals surface area (Å²) in [5.41, 5.74) is 1.73. The van der Waals surface area contributed by atoms with Crippen molar-refractivity contribution in [1.82, 2.24) is 19.4 Å². The number of fused-ring (bicyclic) bond motifs is 1. The molecule has 0 radical (unpaired) electrons. The number of hydrogen-bond donors (Lipinski definition) is 0. The van der Waals surface area contributed by atoms with Crippen LogP contribution >= 0.6 is 11.6 Å². The Hall–Kier alpha value is -3.65. The number of anilines is 1. The van der Waals surface area contributed by atoms with Crippen LogP contribution in [-0.4, -0.2) is 69.8 Å². The van der Waals surface area contributed by atoms with Gasteiger partial charge in [0.25, 0.3) is 11.8 Å². The van der Waals surface area contributed by atoms with E-state index in [-0.39, 0.29) is 30.7 Å². The van der Waals surface area contributed by atoms with Gasteiger partial charge in [0.15, 0.2) is 0 Å². The third-order valence-electron chi connectivity index (χ3n) is 6.05. The number of imide groups is 1. The molecule has 0 saturated carbocycles. The van der Waals surface area contributed by atoms with E-state index in [0.29, 0.717) is 42.3 Å². The van der Waals surface area contributed by atoms with E-state index in [1.165, 1.54) is 4.90 Å². The highest BCUT2D eigenvalue weighted by atomic mass is 35.5. The lowest BCUT2D eigenvalue weighted by atomic mass is 10.1. The number of carbonyl (C=O) groups is 3. The van der Waals surface area contributed by atoms with Crippen LogP contribution in [0, 0.1) is 0 Å². The van der Waals surface area contributed by atoms with Gasteiger partial charge >= 0.3 is 0 Å². The van der Waals surface area contributed by atoms with Gasteiger partial charge in [-0.1, -0.05) is 29.8 Å². The van der Waals surface area contributed by atoms with E-state index in [2.05, 4.69) is 9.88 Å². The van der Waals surface area contributed by atoms with Crippen LogP contribution in [0.3, 0.4) is 0 Å². The van der Waals surface area contributed by atoms with Crippen LogP contribution in [-0.2, 0) is 4.79 Å². The first kappa shape index (κ1) is 21.2. The molecule has 3 heterocycles. The van der Waals surface area contributed by atoms with Crippen molar-refractivity contribution in [2.24, 2.45) is 0 Å². The smallest absolute Gasteiger partial charge is 0.261 e. The molecule has 3 amide bonds. The molecule has 0 N–H and O–H groups in total. The molecular formula is C24H22ClN5O3. The number of nitrogens with zero attached hydrogens (tertiary/aromatic N) is 5. The lowest BCUT2D eigenvalue weighted by Gasteiger charge is -2.35. The summed E-state index contributed by atoms with van der Waals surface area (Å²) in [6.07, 6.45) is 3.75. The molecule has 0 aliphatic carbocycles. The quantitative estimate of drug-likeness (QED) is 0.544.